The molecule has 1 aromatic heterocycles. The summed E-state index contributed by atoms with van der Waals surface area (Å²) in [6, 6.07) is 8.77. The minimum Gasteiger partial charge on any atom is -0.376 e. The van der Waals surface area contributed by atoms with E-state index in [0.717, 1.165) is 6.92 Å². The molecule has 5 nitrogen and oxygen atoms in total. The normalized spacial score (nSPS) is 19.1. The summed E-state index contributed by atoms with van der Waals surface area (Å²) in [5.74, 6) is 0. The fourth-order valence-corrected chi connectivity index (χ4v) is 5.45. The average Bonchev–Trinajstić information content (AvgIpc) is 3.16. The molecule has 10 heteroatoms. The minimum absolute atomic E-state index is 0.238. The third-order valence-electron chi connectivity index (χ3n) is 4.67. The molecule has 27 heavy (non-hydrogen) atoms. The van der Waals surface area contributed by atoms with Crippen molar-refractivity contribution in [2.75, 3.05) is 31.1 Å². The summed E-state index contributed by atoms with van der Waals surface area (Å²) >= 11 is 1.17. The predicted molar refractivity (Wildman–Crippen MR) is 97.4 cm³/mol. The maximum absolute atomic E-state index is 12.9. The summed E-state index contributed by atoms with van der Waals surface area (Å²) in [6.07, 6.45) is -4.77. The number of aliphatic hydroxyl groups is 1. The number of benzene rings is 1. The van der Waals surface area contributed by atoms with Gasteiger partial charge >= 0.3 is 6.18 Å². The van der Waals surface area contributed by atoms with Gasteiger partial charge in [-0.2, -0.15) is 17.5 Å². The Morgan fingerprint density at radius 1 is 1.04 bits per heavy atom. The van der Waals surface area contributed by atoms with Crippen LogP contribution < -0.4 is 4.90 Å². The van der Waals surface area contributed by atoms with E-state index in [4.69, 9.17) is 0 Å². The summed E-state index contributed by atoms with van der Waals surface area (Å²) in [7, 11) is -3.50. The second-order valence-electron chi connectivity index (χ2n) is 6.44. The lowest BCUT2D eigenvalue weighted by molar-refractivity contribution is -0.258. The Hall–Kier alpha value is -1.62. The molecule has 0 unspecified atom stereocenters. The predicted octanol–water partition coefficient (Wildman–Crippen LogP) is 3.03. The van der Waals surface area contributed by atoms with Gasteiger partial charge in [0.25, 0.3) is 10.0 Å². The number of halogens is 3. The van der Waals surface area contributed by atoms with Gasteiger partial charge in [0, 0.05) is 31.9 Å². The highest BCUT2D eigenvalue weighted by Crippen LogP contribution is 2.39. The second kappa shape index (κ2) is 7.08. The number of rotatable bonds is 4. The van der Waals surface area contributed by atoms with Gasteiger partial charge in [-0.25, -0.2) is 8.42 Å². The van der Waals surface area contributed by atoms with Crippen LogP contribution in [0.1, 0.15) is 12.5 Å². The third kappa shape index (κ3) is 3.84. The molecule has 1 aromatic carbocycles. The van der Waals surface area contributed by atoms with Crippen LogP contribution in [0.15, 0.2) is 46.0 Å². The van der Waals surface area contributed by atoms with Crippen molar-refractivity contribution in [3.05, 3.63) is 47.3 Å². The molecule has 148 valence electrons. The zero-order valence-corrected chi connectivity index (χ0v) is 16.1. The van der Waals surface area contributed by atoms with Crippen molar-refractivity contribution < 1.29 is 26.7 Å². The molecule has 0 radical (unpaired) electrons. The van der Waals surface area contributed by atoms with Gasteiger partial charge in [-0.15, -0.1) is 11.3 Å². The van der Waals surface area contributed by atoms with Crippen molar-refractivity contribution in [2.45, 2.75) is 22.9 Å². The average molecular weight is 420 g/mol. The van der Waals surface area contributed by atoms with E-state index in [2.05, 4.69) is 0 Å². The Morgan fingerprint density at radius 3 is 2.11 bits per heavy atom. The minimum atomic E-state index is -4.77. The summed E-state index contributed by atoms with van der Waals surface area (Å²) in [6.45, 7) is 2.17. The van der Waals surface area contributed by atoms with Crippen LogP contribution in [-0.2, 0) is 15.6 Å². The number of sulfonamides is 1. The SMILES string of the molecule is C[C@](O)(c1ccc(N2CCN(S(=O)(=O)c3cccs3)CC2)cc1)C(F)(F)F. The van der Waals surface area contributed by atoms with Gasteiger partial charge in [-0.05, 0) is 36.1 Å². The molecule has 1 saturated heterocycles. The number of piperazine rings is 1. The first kappa shape index (κ1) is 20.1. The van der Waals surface area contributed by atoms with Crippen LogP contribution in [-0.4, -0.2) is 50.2 Å². The van der Waals surface area contributed by atoms with Crippen LogP contribution in [0.3, 0.4) is 0 Å². The molecule has 2 heterocycles. The lowest BCUT2D eigenvalue weighted by Crippen LogP contribution is -2.48. The second-order valence-corrected chi connectivity index (χ2v) is 9.55. The summed E-state index contributed by atoms with van der Waals surface area (Å²) in [5, 5.41) is 11.4. The van der Waals surface area contributed by atoms with Crippen LogP contribution in [0.2, 0.25) is 0 Å². The van der Waals surface area contributed by atoms with E-state index in [0.29, 0.717) is 36.1 Å². The molecule has 0 amide bonds. The van der Waals surface area contributed by atoms with Crippen molar-refractivity contribution in [3.63, 3.8) is 0 Å². The van der Waals surface area contributed by atoms with Crippen molar-refractivity contribution in [2.24, 2.45) is 0 Å². The highest BCUT2D eigenvalue weighted by Gasteiger charge is 2.51. The van der Waals surface area contributed by atoms with Crippen LogP contribution in [0.4, 0.5) is 18.9 Å². The van der Waals surface area contributed by atoms with Gasteiger partial charge in [0.1, 0.15) is 4.21 Å². The number of anilines is 1. The van der Waals surface area contributed by atoms with E-state index in [1.807, 2.05) is 4.90 Å². The lowest BCUT2D eigenvalue weighted by atomic mass is 9.95. The Balaban J connectivity index is 1.68. The van der Waals surface area contributed by atoms with Crippen molar-refractivity contribution in [1.29, 1.82) is 0 Å². The van der Waals surface area contributed by atoms with Crippen LogP contribution >= 0.6 is 11.3 Å². The van der Waals surface area contributed by atoms with Gasteiger partial charge < -0.3 is 10.0 Å². The molecule has 1 atom stereocenters. The zero-order valence-electron chi connectivity index (χ0n) is 14.5. The molecule has 1 fully saturated rings. The fraction of sp³-hybridized carbons (Fsp3) is 0.412. The van der Waals surface area contributed by atoms with Crippen molar-refractivity contribution >= 4 is 27.0 Å². The van der Waals surface area contributed by atoms with E-state index < -0.39 is 21.8 Å². The van der Waals surface area contributed by atoms with Crippen LogP contribution in [0.25, 0.3) is 0 Å². The van der Waals surface area contributed by atoms with Gasteiger partial charge in [-0.1, -0.05) is 18.2 Å². The monoisotopic (exact) mass is 420 g/mol. The smallest absolute Gasteiger partial charge is 0.376 e. The number of alkyl halides is 3. The third-order valence-corrected chi connectivity index (χ3v) is 7.95. The van der Waals surface area contributed by atoms with Gasteiger partial charge in [0.15, 0.2) is 5.60 Å². The largest absolute Gasteiger partial charge is 0.421 e. The first-order valence-electron chi connectivity index (χ1n) is 8.22. The highest BCUT2D eigenvalue weighted by molar-refractivity contribution is 7.91. The van der Waals surface area contributed by atoms with Gasteiger partial charge in [0.05, 0.1) is 0 Å². The Bertz CT molecular complexity index is 871. The van der Waals surface area contributed by atoms with E-state index in [1.165, 1.54) is 39.9 Å². The maximum atomic E-state index is 12.9. The van der Waals surface area contributed by atoms with E-state index in [9.17, 15) is 26.7 Å². The number of thiophene rings is 1. The van der Waals surface area contributed by atoms with E-state index >= 15 is 0 Å². The van der Waals surface area contributed by atoms with Crippen molar-refractivity contribution in [3.8, 4) is 0 Å². The lowest BCUT2D eigenvalue weighted by Gasteiger charge is -2.35. The van der Waals surface area contributed by atoms with Crippen LogP contribution in [0.5, 0.6) is 0 Å². The molecule has 1 aliphatic heterocycles. The summed E-state index contributed by atoms with van der Waals surface area (Å²) in [5.41, 5.74) is -2.47. The quantitative estimate of drug-likeness (QED) is 0.826. The Kier molecular flexibility index (Phi) is 5.28. The molecule has 0 aliphatic carbocycles. The molecule has 0 saturated carbocycles. The molecule has 2 aromatic rings. The number of nitrogens with zero attached hydrogens (tertiary/aromatic N) is 2. The molecule has 1 aliphatic rings. The molecule has 3 rings (SSSR count). The van der Waals surface area contributed by atoms with E-state index in [1.54, 1.807) is 17.5 Å². The molecular weight excluding hydrogens is 401 g/mol. The zero-order chi connectivity index (χ0) is 19.9. The molecular formula is C17H19F3N2O3S2. The maximum Gasteiger partial charge on any atom is 0.421 e. The van der Waals surface area contributed by atoms with Crippen LogP contribution in [0, 0.1) is 0 Å². The first-order valence-corrected chi connectivity index (χ1v) is 10.5. The van der Waals surface area contributed by atoms with Gasteiger partial charge in [0.2, 0.25) is 0 Å². The highest BCUT2D eigenvalue weighted by atomic mass is 32.2. The standard InChI is InChI=1S/C17H19F3N2O3S2/c1-16(23,17(18,19)20)13-4-6-14(7-5-13)21-8-10-22(11-9-21)27(24,25)15-3-2-12-26-15/h2-7,12,23H,8-11H2,1H3/t16-/m0/s1. The number of hydrogen-bond acceptors (Lipinski definition) is 5. The Morgan fingerprint density at radius 2 is 1.63 bits per heavy atom. The molecule has 0 spiro atoms. The topological polar surface area (TPSA) is 60.9 Å². The molecule has 1 N–H and O–H groups in total. The van der Waals surface area contributed by atoms with Crippen molar-refractivity contribution in [1.82, 2.24) is 4.31 Å². The number of hydrogen-bond donors (Lipinski definition) is 1. The Labute approximate surface area is 159 Å². The summed E-state index contributed by atoms with van der Waals surface area (Å²) in [4.78, 5) is 1.91. The molecule has 0 bridgehead atoms. The fourth-order valence-electron chi connectivity index (χ4n) is 2.88. The van der Waals surface area contributed by atoms with Gasteiger partial charge in [-0.3, -0.25) is 0 Å². The first-order chi connectivity index (χ1) is 12.5. The van der Waals surface area contributed by atoms with E-state index in [-0.39, 0.29) is 5.56 Å². The summed E-state index contributed by atoms with van der Waals surface area (Å²) < 4.78 is 65.5.